The average Bonchev–Trinajstić information content (AvgIpc) is 2.64. The molecule has 0 spiro atoms. The first-order valence-corrected chi connectivity index (χ1v) is 14.2. The van der Waals surface area contributed by atoms with Gasteiger partial charge in [0.15, 0.2) is 0 Å². The molecule has 1 rings (SSSR count). The highest BCUT2D eigenvalue weighted by atomic mass is 31.2. The van der Waals surface area contributed by atoms with Crippen LogP contribution in [0.25, 0.3) is 0 Å². The van der Waals surface area contributed by atoms with E-state index in [1.54, 1.807) is 27.7 Å². The van der Waals surface area contributed by atoms with Crippen molar-refractivity contribution in [2.45, 2.75) is 66.7 Å². The molecule has 0 N–H and O–H groups in total. The number of ether oxygens (including phenoxy) is 1. The Morgan fingerprint density at radius 3 is 1.47 bits per heavy atom. The molecule has 30 heavy (non-hydrogen) atoms. The molecule has 0 saturated heterocycles. The van der Waals surface area contributed by atoms with Crippen LogP contribution in [0, 0.1) is 6.92 Å². The summed E-state index contributed by atoms with van der Waals surface area (Å²) in [5, 5.41) is 0. The number of hydrogen-bond donors (Lipinski definition) is 0. The van der Waals surface area contributed by atoms with Crippen LogP contribution in [0.15, 0.2) is 12.1 Å². The van der Waals surface area contributed by atoms with Crippen molar-refractivity contribution in [1.82, 2.24) is 0 Å². The van der Waals surface area contributed by atoms with Gasteiger partial charge in [0, 0.05) is 11.1 Å². The highest BCUT2D eigenvalue weighted by Crippen LogP contribution is 2.55. The zero-order valence-electron chi connectivity index (χ0n) is 19.3. The van der Waals surface area contributed by atoms with E-state index in [-0.39, 0.29) is 38.8 Å². The first-order chi connectivity index (χ1) is 14.3. The summed E-state index contributed by atoms with van der Waals surface area (Å²) < 4.78 is 54.4. The maximum atomic E-state index is 13.2. The molecule has 0 aliphatic carbocycles. The lowest BCUT2D eigenvalue weighted by atomic mass is 10.1. The van der Waals surface area contributed by atoms with Gasteiger partial charge in [-0.3, -0.25) is 9.13 Å². The molecule has 174 valence electrons. The number of aryl methyl sites for hydroxylation is 1. The molecular weight excluding hydrogens is 426 g/mol. The minimum Gasteiger partial charge on any atom is -0.493 e. The average molecular weight is 464 g/mol. The van der Waals surface area contributed by atoms with Crippen molar-refractivity contribution < 1.29 is 32.0 Å². The Hall–Kier alpha value is -0.680. The fourth-order valence-electron chi connectivity index (χ4n) is 3.13. The third-order valence-electron chi connectivity index (χ3n) is 4.16. The fourth-order valence-corrected chi connectivity index (χ4v) is 6.52. The van der Waals surface area contributed by atoms with Crippen molar-refractivity contribution in [3.05, 3.63) is 28.8 Å². The highest BCUT2D eigenvalue weighted by Gasteiger charge is 2.30. The molecule has 0 unspecified atom stereocenters. The molecule has 7 nitrogen and oxygen atoms in total. The Morgan fingerprint density at radius 2 is 1.13 bits per heavy atom. The van der Waals surface area contributed by atoms with Crippen molar-refractivity contribution in [3.63, 3.8) is 0 Å². The van der Waals surface area contributed by atoms with Gasteiger partial charge in [0.2, 0.25) is 0 Å². The third-order valence-corrected chi connectivity index (χ3v) is 8.22. The lowest BCUT2D eigenvalue weighted by molar-refractivity contribution is 0.218. The van der Waals surface area contributed by atoms with Crippen LogP contribution in [-0.2, 0) is 39.5 Å². The summed E-state index contributed by atoms with van der Waals surface area (Å²) in [5.74, 6) is 0.563. The predicted octanol–water partition coefficient (Wildman–Crippen LogP) is 6.71. The quantitative estimate of drug-likeness (QED) is 0.199. The van der Waals surface area contributed by atoms with E-state index >= 15 is 0 Å². The highest BCUT2D eigenvalue weighted by molar-refractivity contribution is 7.53. The minimum atomic E-state index is -3.34. The van der Waals surface area contributed by atoms with Gasteiger partial charge >= 0.3 is 15.2 Å². The molecule has 0 aliphatic heterocycles. The number of benzene rings is 1. The molecule has 0 aliphatic rings. The lowest BCUT2D eigenvalue weighted by Gasteiger charge is -2.23. The molecule has 1 aromatic carbocycles. The van der Waals surface area contributed by atoms with Crippen molar-refractivity contribution >= 4 is 15.2 Å². The van der Waals surface area contributed by atoms with Gasteiger partial charge in [-0.05, 0) is 41.0 Å². The molecule has 0 bridgehead atoms. The number of rotatable bonds is 16. The zero-order valence-corrected chi connectivity index (χ0v) is 21.1. The molecule has 0 radical (unpaired) electrons. The smallest absolute Gasteiger partial charge is 0.335 e. The maximum absolute atomic E-state index is 13.2. The molecule has 0 heterocycles. The largest absolute Gasteiger partial charge is 0.493 e. The van der Waals surface area contributed by atoms with Crippen LogP contribution in [-0.4, -0.2) is 33.0 Å². The Morgan fingerprint density at radius 1 is 0.733 bits per heavy atom. The summed E-state index contributed by atoms with van der Waals surface area (Å²) in [6.45, 7) is 12.8. The van der Waals surface area contributed by atoms with E-state index < -0.39 is 15.2 Å². The van der Waals surface area contributed by atoms with Crippen LogP contribution >= 0.6 is 15.2 Å². The van der Waals surface area contributed by atoms with Crippen molar-refractivity contribution in [3.8, 4) is 5.75 Å². The molecule has 0 fully saturated rings. The van der Waals surface area contributed by atoms with Gasteiger partial charge in [-0.15, -0.1) is 0 Å². The molecule has 0 saturated carbocycles. The standard InChI is InChI=1S/C21H38O7P2/c1-7-12-13-24-21-19(16-29(22,25-8-2)26-9-3)14-18(6)15-20(21)17-30(23,27-10-4)28-11-5/h14-15H,7-13,16-17H2,1-6H3. The van der Waals surface area contributed by atoms with E-state index in [4.69, 9.17) is 22.8 Å². The maximum Gasteiger partial charge on any atom is 0.335 e. The summed E-state index contributed by atoms with van der Waals surface area (Å²) in [6.07, 6.45) is 2.01. The summed E-state index contributed by atoms with van der Waals surface area (Å²) in [7, 11) is -6.67. The second kappa shape index (κ2) is 13.7. The normalized spacial score (nSPS) is 12.3. The van der Waals surface area contributed by atoms with E-state index in [2.05, 4.69) is 6.92 Å². The van der Waals surface area contributed by atoms with Gasteiger partial charge in [-0.2, -0.15) is 0 Å². The number of unbranched alkanes of at least 4 members (excludes halogenated alkanes) is 1. The van der Waals surface area contributed by atoms with Gasteiger partial charge < -0.3 is 22.8 Å². The Balaban J connectivity index is 3.42. The van der Waals surface area contributed by atoms with Gasteiger partial charge in [-0.1, -0.05) is 31.0 Å². The van der Waals surface area contributed by atoms with Crippen molar-refractivity contribution in [1.29, 1.82) is 0 Å². The first kappa shape index (κ1) is 27.4. The van der Waals surface area contributed by atoms with Crippen LogP contribution in [0.2, 0.25) is 0 Å². The third kappa shape index (κ3) is 8.82. The Labute approximate surface area is 181 Å². The Bertz CT molecular complexity index is 663. The SMILES string of the molecule is CCCCOc1c(CP(=O)(OCC)OCC)cc(C)cc1CP(=O)(OCC)OCC. The lowest BCUT2D eigenvalue weighted by Crippen LogP contribution is -2.08. The molecule has 0 aromatic heterocycles. The summed E-state index contributed by atoms with van der Waals surface area (Å²) >= 11 is 0. The summed E-state index contributed by atoms with van der Waals surface area (Å²) in [6, 6.07) is 3.84. The second-order valence-corrected chi connectivity index (χ2v) is 10.9. The van der Waals surface area contributed by atoms with E-state index in [9.17, 15) is 9.13 Å². The van der Waals surface area contributed by atoms with Gasteiger partial charge in [0.1, 0.15) is 5.75 Å². The van der Waals surface area contributed by atoms with Crippen molar-refractivity contribution in [2.75, 3.05) is 33.0 Å². The van der Waals surface area contributed by atoms with Crippen molar-refractivity contribution in [2.24, 2.45) is 0 Å². The summed E-state index contributed by atoms with van der Waals surface area (Å²) in [4.78, 5) is 0. The molecular formula is C21H38O7P2. The first-order valence-electron chi connectivity index (χ1n) is 10.8. The van der Waals surface area contributed by atoms with E-state index in [0.717, 1.165) is 18.4 Å². The topological polar surface area (TPSA) is 80.3 Å². The van der Waals surface area contributed by atoms with Crippen LogP contribution in [0.1, 0.15) is 64.2 Å². The number of hydrogen-bond acceptors (Lipinski definition) is 7. The molecule has 0 atom stereocenters. The van der Waals surface area contributed by atoms with E-state index in [1.807, 2.05) is 19.1 Å². The van der Waals surface area contributed by atoms with Crippen LogP contribution in [0.4, 0.5) is 0 Å². The second-order valence-electron chi connectivity index (χ2n) is 6.82. The Kier molecular flexibility index (Phi) is 12.5. The van der Waals surface area contributed by atoms with E-state index in [0.29, 0.717) is 23.5 Å². The zero-order chi connectivity index (χ0) is 22.6. The minimum absolute atomic E-state index is 0.0817. The van der Waals surface area contributed by atoms with E-state index in [1.165, 1.54) is 0 Å². The fraction of sp³-hybridized carbons (Fsp3) is 0.714. The molecule has 1 aromatic rings. The molecule has 9 heteroatoms. The van der Waals surface area contributed by atoms with Crippen LogP contribution in [0.5, 0.6) is 5.75 Å². The summed E-state index contributed by atoms with van der Waals surface area (Å²) in [5.41, 5.74) is 2.36. The monoisotopic (exact) mass is 464 g/mol. The molecule has 0 amide bonds. The van der Waals surface area contributed by atoms with Gasteiger partial charge in [0.05, 0.1) is 45.4 Å². The predicted molar refractivity (Wildman–Crippen MR) is 121 cm³/mol. The van der Waals surface area contributed by atoms with Crippen LogP contribution < -0.4 is 4.74 Å². The van der Waals surface area contributed by atoms with Gasteiger partial charge in [-0.25, -0.2) is 0 Å². The van der Waals surface area contributed by atoms with Gasteiger partial charge in [0.25, 0.3) is 0 Å². The van der Waals surface area contributed by atoms with Crippen LogP contribution in [0.3, 0.4) is 0 Å².